The topological polar surface area (TPSA) is 93.9 Å². The summed E-state index contributed by atoms with van der Waals surface area (Å²) in [6, 6.07) is 5.39. The van der Waals surface area contributed by atoms with E-state index in [9.17, 15) is 26.4 Å². The Kier molecular flexibility index (Phi) is 6.29. The lowest BCUT2D eigenvalue weighted by Gasteiger charge is -2.11. The highest BCUT2D eigenvalue weighted by Gasteiger charge is 2.31. The van der Waals surface area contributed by atoms with Gasteiger partial charge in [-0.25, -0.2) is 17.8 Å². The molecular formula is C19H15Cl2F3N4O3S. The lowest BCUT2D eigenvalue weighted by Crippen LogP contribution is -2.32. The van der Waals surface area contributed by atoms with Gasteiger partial charge >= 0.3 is 6.18 Å². The predicted octanol–water partition coefficient (Wildman–Crippen LogP) is 4.64. The molecule has 1 aromatic heterocycles. The molecular weight excluding hydrogens is 492 g/mol. The smallest absolute Gasteiger partial charge is 0.266 e. The first-order chi connectivity index (χ1) is 14.7. The molecule has 0 atom stereocenters. The van der Waals surface area contributed by atoms with Gasteiger partial charge in [0.25, 0.3) is 15.9 Å². The lowest BCUT2D eigenvalue weighted by atomic mass is 10.2. The van der Waals surface area contributed by atoms with Gasteiger partial charge in [-0.2, -0.15) is 13.2 Å². The van der Waals surface area contributed by atoms with E-state index in [4.69, 9.17) is 23.2 Å². The van der Waals surface area contributed by atoms with E-state index in [2.05, 4.69) is 10.3 Å². The SMILES string of the molecule is Cc1cc(S(=O)(=O)NC(=O)c2nnn(-c3ccc(C(F)(F)F)cc3Cl)c2C)c(C)cc1Cl. The van der Waals surface area contributed by atoms with Crippen LogP contribution in [0.5, 0.6) is 0 Å². The Morgan fingerprint density at radius 2 is 1.69 bits per heavy atom. The van der Waals surface area contributed by atoms with Gasteiger partial charge in [0.05, 0.1) is 26.9 Å². The zero-order valence-corrected chi connectivity index (χ0v) is 19.1. The van der Waals surface area contributed by atoms with Crippen LogP contribution < -0.4 is 4.72 Å². The molecule has 1 amide bonds. The molecule has 7 nitrogen and oxygen atoms in total. The summed E-state index contributed by atoms with van der Waals surface area (Å²) in [5.74, 6) is -1.07. The molecule has 0 radical (unpaired) electrons. The van der Waals surface area contributed by atoms with Crippen LogP contribution in [0.2, 0.25) is 10.0 Å². The third-order valence-corrected chi connectivity index (χ3v) is 6.77. The number of aryl methyl sites for hydroxylation is 2. The lowest BCUT2D eigenvalue weighted by molar-refractivity contribution is -0.137. The highest BCUT2D eigenvalue weighted by molar-refractivity contribution is 7.90. The van der Waals surface area contributed by atoms with Gasteiger partial charge in [0.2, 0.25) is 0 Å². The number of aromatic nitrogens is 3. The number of benzene rings is 2. The number of nitrogens with zero attached hydrogens (tertiary/aromatic N) is 3. The van der Waals surface area contributed by atoms with E-state index >= 15 is 0 Å². The number of alkyl halides is 3. The zero-order valence-electron chi connectivity index (χ0n) is 16.8. The van der Waals surface area contributed by atoms with Crippen molar-refractivity contribution in [2.45, 2.75) is 31.8 Å². The van der Waals surface area contributed by atoms with Crippen LogP contribution in [0.1, 0.15) is 32.9 Å². The fraction of sp³-hybridized carbons (Fsp3) is 0.211. The Bertz CT molecular complexity index is 1340. The highest BCUT2D eigenvalue weighted by Crippen LogP contribution is 2.33. The monoisotopic (exact) mass is 506 g/mol. The van der Waals surface area contributed by atoms with Crippen LogP contribution in [0.15, 0.2) is 35.2 Å². The fourth-order valence-electron chi connectivity index (χ4n) is 2.89. The second-order valence-corrected chi connectivity index (χ2v) is 9.37. The van der Waals surface area contributed by atoms with Crippen LogP contribution in [0.25, 0.3) is 5.69 Å². The number of hydrogen-bond acceptors (Lipinski definition) is 5. The van der Waals surface area contributed by atoms with E-state index in [1.807, 2.05) is 4.72 Å². The third kappa shape index (κ3) is 4.59. The number of rotatable bonds is 4. The van der Waals surface area contributed by atoms with E-state index in [1.165, 1.54) is 26.0 Å². The van der Waals surface area contributed by atoms with Gasteiger partial charge in [0, 0.05) is 5.02 Å². The Morgan fingerprint density at radius 1 is 1.03 bits per heavy atom. The van der Waals surface area contributed by atoms with Crippen LogP contribution in [0.4, 0.5) is 13.2 Å². The molecule has 32 heavy (non-hydrogen) atoms. The van der Waals surface area contributed by atoms with Crippen molar-refractivity contribution in [3.63, 3.8) is 0 Å². The largest absolute Gasteiger partial charge is 0.416 e. The standard InChI is InChI=1S/C19H15Cl2F3N4O3S/c1-9-7-16(10(2)6-13(9)20)32(30,31)26-18(29)17-11(3)28(27-25-17)15-5-4-12(8-14(15)21)19(22,23)24/h4-8H,1-3H3,(H,26,29). The molecule has 0 unspecified atom stereocenters. The molecule has 1 N–H and O–H groups in total. The second-order valence-electron chi connectivity index (χ2n) is 6.90. The quantitative estimate of drug-likeness (QED) is 0.556. The normalized spacial score (nSPS) is 12.1. The summed E-state index contributed by atoms with van der Waals surface area (Å²) in [6.07, 6.45) is -4.59. The first kappa shape index (κ1) is 24.0. The number of halogens is 5. The number of nitrogens with one attached hydrogen (secondary N) is 1. The maximum atomic E-state index is 12.9. The average Bonchev–Trinajstić information content (AvgIpc) is 3.04. The molecule has 3 rings (SSSR count). The Morgan fingerprint density at radius 3 is 2.28 bits per heavy atom. The molecule has 3 aromatic rings. The van der Waals surface area contributed by atoms with E-state index in [1.54, 1.807) is 6.92 Å². The van der Waals surface area contributed by atoms with Crippen molar-refractivity contribution in [2.75, 3.05) is 0 Å². The molecule has 0 bridgehead atoms. The number of amides is 1. The zero-order chi connectivity index (χ0) is 24.0. The number of carbonyl (C=O) groups excluding carboxylic acids is 1. The van der Waals surface area contributed by atoms with Gasteiger partial charge < -0.3 is 0 Å². The van der Waals surface area contributed by atoms with Gasteiger partial charge in [-0.05, 0) is 62.2 Å². The van der Waals surface area contributed by atoms with E-state index in [-0.39, 0.29) is 27.0 Å². The highest BCUT2D eigenvalue weighted by atomic mass is 35.5. The number of sulfonamides is 1. The van der Waals surface area contributed by atoms with Crippen molar-refractivity contribution in [3.05, 3.63) is 68.5 Å². The Hall–Kier alpha value is -2.63. The van der Waals surface area contributed by atoms with Crippen LogP contribution in [-0.4, -0.2) is 29.3 Å². The van der Waals surface area contributed by atoms with Crippen LogP contribution in [0.3, 0.4) is 0 Å². The van der Waals surface area contributed by atoms with Crippen molar-refractivity contribution < 1.29 is 26.4 Å². The molecule has 0 aliphatic carbocycles. The van der Waals surface area contributed by atoms with E-state index in [0.717, 1.165) is 16.8 Å². The molecule has 0 saturated heterocycles. The molecule has 1 heterocycles. The minimum Gasteiger partial charge on any atom is -0.266 e. The summed E-state index contributed by atoms with van der Waals surface area (Å²) in [4.78, 5) is 12.5. The van der Waals surface area contributed by atoms with E-state index in [0.29, 0.717) is 22.2 Å². The molecule has 0 aliphatic rings. The van der Waals surface area contributed by atoms with E-state index < -0.39 is 27.7 Å². The van der Waals surface area contributed by atoms with Gasteiger partial charge in [0.1, 0.15) is 0 Å². The summed E-state index contributed by atoms with van der Waals surface area (Å²) >= 11 is 12.0. The minimum absolute atomic E-state index is 0.0377. The van der Waals surface area contributed by atoms with Crippen molar-refractivity contribution >= 4 is 39.1 Å². The number of carbonyl (C=O) groups is 1. The van der Waals surface area contributed by atoms with Gasteiger partial charge in [-0.15, -0.1) is 5.10 Å². The van der Waals surface area contributed by atoms with Crippen molar-refractivity contribution in [1.82, 2.24) is 19.7 Å². The Labute approximate surface area is 191 Å². The Balaban J connectivity index is 1.93. The average molecular weight is 507 g/mol. The van der Waals surface area contributed by atoms with Crippen LogP contribution in [0, 0.1) is 20.8 Å². The molecule has 0 spiro atoms. The molecule has 0 saturated carbocycles. The third-order valence-electron chi connectivity index (χ3n) is 4.59. The molecule has 0 fully saturated rings. The van der Waals surface area contributed by atoms with Crippen molar-refractivity contribution in [3.8, 4) is 5.69 Å². The van der Waals surface area contributed by atoms with Gasteiger partial charge in [0.15, 0.2) is 5.69 Å². The van der Waals surface area contributed by atoms with Crippen LogP contribution >= 0.6 is 23.2 Å². The van der Waals surface area contributed by atoms with Crippen molar-refractivity contribution in [1.29, 1.82) is 0 Å². The van der Waals surface area contributed by atoms with Gasteiger partial charge in [-0.1, -0.05) is 28.4 Å². The molecule has 13 heteroatoms. The molecule has 2 aromatic carbocycles. The maximum absolute atomic E-state index is 12.9. The van der Waals surface area contributed by atoms with Gasteiger partial charge in [-0.3, -0.25) is 4.79 Å². The fourth-order valence-corrected chi connectivity index (χ4v) is 4.64. The second kappa shape index (κ2) is 8.38. The maximum Gasteiger partial charge on any atom is 0.416 e. The molecule has 0 aliphatic heterocycles. The summed E-state index contributed by atoms with van der Waals surface area (Å²) in [5.41, 5.74) is -0.351. The number of hydrogen-bond donors (Lipinski definition) is 1. The first-order valence-corrected chi connectivity index (χ1v) is 11.1. The summed E-state index contributed by atoms with van der Waals surface area (Å²) in [7, 11) is -4.27. The minimum atomic E-state index is -4.59. The first-order valence-electron chi connectivity index (χ1n) is 8.85. The van der Waals surface area contributed by atoms with Crippen LogP contribution in [-0.2, 0) is 16.2 Å². The summed E-state index contributed by atoms with van der Waals surface area (Å²) in [6.45, 7) is 4.54. The molecule has 170 valence electrons. The predicted molar refractivity (Wildman–Crippen MR) is 112 cm³/mol. The summed E-state index contributed by atoms with van der Waals surface area (Å²) in [5, 5.41) is 7.50. The van der Waals surface area contributed by atoms with Crippen molar-refractivity contribution in [2.24, 2.45) is 0 Å². The summed E-state index contributed by atoms with van der Waals surface area (Å²) < 4.78 is 67.0.